The quantitative estimate of drug-likeness (QED) is 0.749. The van der Waals surface area contributed by atoms with Crippen LogP contribution in [0.2, 0.25) is 5.02 Å². The van der Waals surface area contributed by atoms with E-state index in [1.807, 2.05) is 24.3 Å². The topological polar surface area (TPSA) is 46.5 Å². The summed E-state index contributed by atoms with van der Waals surface area (Å²) in [6.45, 7) is 0.388. The van der Waals surface area contributed by atoms with E-state index < -0.39 is 5.97 Å². The number of thiophene rings is 1. The van der Waals surface area contributed by atoms with Crippen LogP contribution < -0.4 is 4.74 Å². The summed E-state index contributed by atoms with van der Waals surface area (Å²) in [5.41, 5.74) is 0.317. The Kier molecular flexibility index (Phi) is 3.82. The summed E-state index contributed by atoms with van der Waals surface area (Å²) < 4.78 is 6.63. The van der Waals surface area contributed by atoms with Crippen molar-refractivity contribution in [3.63, 3.8) is 0 Å². The molecule has 0 fully saturated rings. The normalized spacial score (nSPS) is 10.7. The molecule has 0 amide bonds. The second-order valence-electron chi connectivity index (χ2n) is 4.48. The van der Waals surface area contributed by atoms with E-state index >= 15 is 0 Å². The van der Waals surface area contributed by atoms with Crippen molar-refractivity contribution in [3.05, 3.63) is 64.0 Å². The number of ether oxygens (including phenoxy) is 1. The van der Waals surface area contributed by atoms with E-state index in [-0.39, 0.29) is 0 Å². The molecule has 0 aliphatic rings. The minimum absolute atomic E-state index is 0.317. The molecule has 0 spiro atoms. The highest BCUT2D eigenvalue weighted by molar-refractivity contribution is 7.19. The molecule has 1 aromatic heterocycles. The number of halogens is 1. The molecule has 21 heavy (non-hydrogen) atoms. The first-order chi connectivity index (χ1) is 10.1. The van der Waals surface area contributed by atoms with E-state index in [9.17, 15) is 9.90 Å². The van der Waals surface area contributed by atoms with Crippen LogP contribution in [0.3, 0.4) is 0 Å². The average molecular weight is 319 g/mol. The fraction of sp³-hybridized carbons (Fsp3) is 0.0625. The molecule has 1 heterocycles. The minimum Gasteiger partial charge on any atom is -0.488 e. The first-order valence-corrected chi connectivity index (χ1v) is 7.46. The Morgan fingerprint density at radius 2 is 2.00 bits per heavy atom. The van der Waals surface area contributed by atoms with Gasteiger partial charge in [-0.25, -0.2) is 4.79 Å². The highest BCUT2D eigenvalue weighted by Gasteiger charge is 2.11. The number of hydrogen-bond donors (Lipinski definition) is 1. The molecular formula is C16H11ClO3S. The van der Waals surface area contributed by atoms with Crippen LogP contribution >= 0.6 is 22.9 Å². The summed E-state index contributed by atoms with van der Waals surface area (Å²) in [6, 6.07) is 14.3. The molecule has 0 aliphatic heterocycles. The van der Waals surface area contributed by atoms with E-state index in [1.165, 1.54) is 11.3 Å². The van der Waals surface area contributed by atoms with Gasteiger partial charge in [0.2, 0.25) is 0 Å². The largest absolute Gasteiger partial charge is 0.488 e. The fourth-order valence-corrected chi connectivity index (χ4v) is 3.27. The van der Waals surface area contributed by atoms with Crippen LogP contribution in [0.15, 0.2) is 48.5 Å². The van der Waals surface area contributed by atoms with E-state index in [0.29, 0.717) is 22.9 Å². The number of carbonyl (C=O) groups is 1. The van der Waals surface area contributed by atoms with Crippen LogP contribution in [0.5, 0.6) is 5.75 Å². The second kappa shape index (κ2) is 5.76. The van der Waals surface area contributed by atoms with Crippen molar-refractivity contribution in [2.45, 2.75) is 6.61 Å². The molecule has 0 bridgehead atoms. The first-order valence-electron chi connectivity index (χ1n) is 6.26. The lowest BCUT2D eigenvalue weighted by atomic mass is 10.1. The molecule has 3 nitrogen and oxygen atoms in total. The zero-order valence-corrected chi connectivity index (χ0v) is 12.4. The van der Waals surface area contributed by atoms with E-state index in [2.05, 4.69) is 0 Å². The third kappa shape index (κ3) is 3.01. The van der Waals surface area contributed by atoms with Crippen molar-refractivity contribution in [3.8, 4) is 5.75 Å². The van der Waals surface area contributed by atoms with Gasteiger partial charge in [0.1, 0.15) is 12.4 Å². The van der Waals surface area contributed by atoms with Crippen LogP contribution in [0, 0.1) is 0 Å². The highest BCUT2D eigenvalue weighted by Crippen LogP contribution is 2.29. The molecule has 2 aromatic carbocycles. The number of aromatic carboxylic acids is 1. The molecule has 5 heteroatoms. The maximum absolute atomic E-state index is 11.2. The Bertz CT molecular complexity index is 810. The first kappa shape index (κ1) is 13.9. The second-order valence-corrected chi connectivity index (χ2v) is 6.09. The number of benzene rings is 2. The standard InChI is InChI=1S/C16H11ClO3S/c17-10-3-1-4-11(7-10)20-9-12-8-14-13(16(18)19)5-2-6-15(14)21-12/h1-8H,9H2,(H,18,19). The van der Waals surface area contributed by atoms with Gasteiger partial charge in [0.15, 0.2) is 0 Å². The van der Waals surface area contributed by atoms with Gasteiger partial charge in [0.05, 0.1) is 5.56 Å². The lowest BCUT2D eigenvalue weighted by Gasteiger charge is -2.04. The molecule has 0 saturated heterocycles. The number of hydrogen-bond acceptors (Lipinski definition) is 3. The summed E-state index contributed by atoms with van der Waals surface area (Å²) in [7, 11) is 0. The van der Waals surface area contributed by atoms with Gasteiger partial charge in [-0.1, -0.05) is 23.7 Å². The summed E-state index contributed by atoms with van der Waals surface area (Å²) in [5.74, 6) is -0.223. The van der Waals surface area contributed by atoms with Gasteiger partial charge in [-0.3, -0.25) is 0 Å². The van der Waals surface area contributed by atoms with Gasteiger partial charge in [-0.15, -0.1) is 11.3 Å². The molecule has 3 rings (SSSR count). The van der Waals surface area contributed by atoms with Crippen molar-refractivity contribution in [1.29, 1.82) is 0 Å². The van der Waals surface area contributed by atoms with Gasteiger partial charge in [0, 0.05) is 20.0 Å². The Balaban J connectivity index is 1.85. The third-order valence-corrected chi connectivity index (χ3v) is 4.33. The maximum atomic E-state index is 11.2. The SMILES string of the molecule is O=C(O)c1cccc2sc(COc3cccc(Cl)c3)cc12. The van der Waals surface area contributed by atoms with Crippen molar-refractivity contribution < 1.29 is 14.6 Å². The summed E-state index contributed by atoms with van der Waals surface area (Å²) in [5, 5.41) is 10.6. The van der Waals surface area contributed by atoms with E-state index in [0.717, 1.165) is 15.0 Å². The van der Waals surface area contributed by atoms with E-state index in [1.54, 1.807) is 24.3 Å². The van der Waals surface area contributed by atoms with Crippen LogP contribution in [-0.4, -0.2) is 11.1 Å². The Labute approximate surface area is 130 Å². The summed E-state index contributed by atoms with van der Waals surface area (Å²) in [4.78, 5) is 12.2. The Morgan fingerprint density at radius 1 is 1.19 bits per heavy atom. The van der Waals surface area contributed by atoms with Crippen molar-refractivity contribution in [1.82, 2.24) is 0 Å². The van der Waals surface area contributed by atoms with Gasteiger partial charge >= 0.3 is 5.97 Å². The minimum atomic E-state index is -0.916. The lowest BCUT2D eigenvalue weighted by molar-refractivity contribution is 0.0699. The fourth-order valence-electron chi connectivity index (χ4n) is 2.08. The zero-order chi connectivity index (χ0) is 14.8. The zero-order valence-electron chi connectivity index (χ0n) is 10.9. The van der Waals surface area contributed by atoms with Gasteiger partial charge in [-0.05, 0) is 36.4 Å². The molecular weight excluding hydrogens is 308 g/mol. The predicted molar refractivity (Wildman–Crippen MR) is 84.6 cm³/mol. The number of rotatable bonds is 4. The monoisotopic (exact) mass is 318 g/mol. The molecule has 0 radical (unpaired) electrons. The lowest BCUT2D eigenvalue weighted by Crippen LogP contribution is -1.95. The predicted octanol–water partition coefficient (Wildman–Crippen LogP) is 4.83. The van der Waals surface area contributed by atoms with Crippen molar-refractivity contribution >= 4 is 39.0 Å². The van der Waals surface area contributed by atoms with Crippen LogP contribution in [0.25, 0.3) is 10.1 Å². The van der Waals surface area contributed by atoms with Crippen LogP contribution in [-0.2, 0) is 6.61 Å². The molecule has 1 N–H and O–H groups in total. The maximum Gasteiger partial charge on any atom is 0.336 e. The Hall–Kier alpha value is -2.04. The molecule has 0 saturated carbocycles. The van der Waals surface area contributed by atoms with Gasteiger partial charge < -0.3 is 9.84 Å². The third-order valence-electron chi connectivity index (χ3n) is 3.02. The molecule has 0 unspecified atom stereocenters. The van der Waals surface area contributed by atoms with Crippen LogP contribution in [0.4, 0.5) is 0 Å². The van der Waals surface area contributed by atoms with Gasteiger partial charge in [0.25, 0.3) is 0 Å². The Morgan fingerprint density at radius 3 is 2.76 bits per heavy atom. The smallest absolute Gasteiger partial charge is 0.336 e. The van der Waals surface area contributed by atoms with E-state index in [4.69, 9.17) is 16.3 Å². The van der Waals surface area contributed by atoms with Crippen molar-refractivity contribution in [2.75, 3.05) is 0 Å². The van der Waals surface area contributed by atoms with Gasteiger partial charge in [-0.2, -0.15) is 0 Å². The number of fused-ring (bicyclic) bond motifs is 1. The molecule has 3 aromatic rings. The molecule has 0 aliphatic carbocycles. The number of carboxylic acids is 1. The highest BCUT2D eigenvalue weighted by atomic mass is 35.5. The summed E-state index contributed by atoms with van der Waals surface area (Å²) in [6.07, 6.45) is 0. The molecule has 106 valence electrons. The van der Waals surface area contributed by atoms with Crippen LogP contribution in [0.1, 0.15) is 15.2 Å². The summed E-state index contributed by atoms with van der Waals surface area (Å²) >= 11 is 7.43. The van der Waals surface area contributed by atoms with Crippen molar-refractivity contribution in [2.24, 2.45) is 0 Å². The molecule has 0 atom stereocenters. The number of carboxylic acid groups (broad SMARTS) is 1. The average Bonchev–Trinajstić information content (AvgIpc) is 2.87.